The number of pyridine rings is 1. The van der Waals surface area contributed by atoms with E-state index >= 15 is 0 Å². The summed E-state index contributed by atoms with van der Waals surface area (Å²) in [5, 5.41) is 0. The van der Waals surface area contributed by atoms with Crippen LogP contribution in [0.4, 0.5) is 5.69 Å². The van der Waals surface area contributed by atoms with Gasteiger partial charge in [0.05, 0.1) is 17.6 Å². The Morgan fingerprint density at radius 2 is 1.95 bits per heavy atom. The minimum atomic E-state index is 0.0130. The summed E-state index contributed by atoms with van der Waals surface area (Å²) in [4.78, 5) is 7.06. The molecule has 1 aromatic rings. The minimum absolute atomic E-state index is 0.0130. The molecular weight excluding hydrogens is 234 g/mol. The van der Waals surface area contributed by atoms with Crippen LogP contribution in [0.15, 0.2) is 18.3 Å². The fraction of sp³-hybridized carbons (Fsp3) is 0.688. The lowest BCUT2D eigenvalue weighted by atomic mass is 10.1. The topological polar surface area (TPSA) is 42.1 Å². The maximum Gasteiger partial charge on any atom is 0.0569 e. The highest BCUT2D eigenvalue weighted by atomic mass is 15.2. The predicted molar refractivity (Wildman–Crippen MR) is 81.3 cm³/mol. The number of anilines is 1. The fourth-order valence-corrected chi connectivity index (χ4v) is 2.91. The van der Waals surface area contributed by atoms with Crippen molar-refractivity contribution in [3.05, 3.63) is 24.0 Å². The average molecular weight is 261 g/mol. The summed E-state index contributed by atoms with van der Waals surface area (Å²) >= 11 is 0. The van der Waals surface area contributed by atoms with Gasteiger partial charge in [-0.15, -0.1) is 0 Å². The molecule has 2 rings (SSSR count). The Bertz CT molecular complexity index is 377. The second-order valence-corrected chi connectivity index (χ2v) is 6.21. The number of hydrogen-bond donors (Lipinski definition) is 1. The third-order valence-corrected chi connectivity index (χ3v) is 3.90. The van der Waals surface area contributed by atoms with Gasteiger partial charge in [-0.2, -0.15) is 0 Å². The molecule has 1 aliphatic carbocycles. The molecule has 0 spiro atoms. The first-order valence-electron chi connectivity index (χ1n) is 7.56. The zero-order valence-electron chi connectivity index (χ0n) is 12.5. The quantitative estimate of drug-likeness (QED) is 0.882. The normalized spacial score (nSPS) is 17.9. The van der Waals surface area contributed by atoms with E-state index in [1.54, 1.807) is 0 Å². The molecule has 3 nitrogen and oxygen atoms in total. The Hall–Kier alpha value is -1.09. The zero-order valence-corrected chi connectivity index (χ0v) is 12.5. The lowest BCUT2D eigenvalue weighted by Gasteiger charge is -2.32. The Kier molecular flexibility index (Phi) is 4.81. The van der Waals surface area contributed by atoms with Gasteiger partial charge >= 0.3 is 0 Å². The van der Waals surface area contributed by atoms with Crippen molar-refractivity contribution in [1.29, 1.82) is 0 Å². The van der Waals surface area contributed by atoms with Gasteiger partial charge in [-0.05, 0) is 37.8 Å². The van der Waals surface area contributed by atoms with Crippen LogP contribution in [0.2, 0.25) is 0 Å². The van der Waals surface area contributed by atoms with E-state index in [-0.39, 0.29) is 6.04 Å². The first-order valence-corrected chi connectivity index (χ1v) is 7.56. The lowest BCUT2D eigenvalue weighted by Crippen LogP contribution is -2.36. The fourth-order valence-electron chi connectivity index (χ4n) is 2.91. The second-order valence-electron chi connectivity index (χ2n) is 6.21. The molecule has 1 saturated carbocycles. The maximum absolute atomic E-state index is 5.87. The van der Waals surface area contributed by atoms with Crippen molar-refractivity contribution >= 4 is 5.69 Å². The summed E-state index contributed by atoms with van der Waals surface area (Å²) in [6.07, 6.45) is 7.37. The summed E-state index contributed by atoms with van der Waals surface area (Å²) < 4.78 is 0. The Morgan fingerprint density at radius 1 is 1.26 bits per heavy atom. The molecule has 0 saturated heterocycles. The van der Waals surface area contributed by atoms with Crippen LogP contribution < -0.4 is 10.6 Å². The van der Waals surface area contributed by atoms with E-state index < -0.39 is 0 Å². The molecule has 0 bridgehead atoms. The highest BCUT2D eigenvalue weighted by molar-refractivity contribution is 5.46. The smallest absolute Gasteiger partial charge is 0.0569 e. The number of nitrogens with zero attached hydrogens (tertiary/aromatic N) is 2. The second kappa shape index (κ2) is 6.38. The summed E-state index contributed by atoms with van der Waals surface area (Å²) in [7, 11) is 0. The van der Waals surface area contributed by atoms with Crippen molar-refractivity contribution in [2.75, 3.05) is 11.4 Å². The van der Waals surface area contributed by atoms with Crippen molar-refractivity contribution in [1.82, 2.24) is 4.98 Å². The van der Waals surface area contributed by atoms with Crippen LogP contribution in [0.5, 0.6) is 0 Å². The van der Waals surface area contributed by atoms with Gasteiger partial charge in [0.2, 0.25) is 0 Å². The van der Waals surface area contributed by atoms with Crippen molar-refractivity contribution in [2.45, 2.75) is 58.5 Å². The van der Waals surface area contributed by atoms with E-state index in [2.05, 4.69) is 35.9 Å². The van der Waals surface area contributed by atoms with Crippen molar-refractivity contribution in [3.8, 4) is 0 Å². The first-order chi connectivity index (χ1) is 9.08. The molecule has 1 aliphatic rings. The van der Waals surface area contributed by atoms with E-state index in [4.69, 9.17) is 5.73 Å². The number of nitrogens with two attached hydrogens (primary N) is 1. The molecule has 0 aliphatic heterocycles. The third-order valence-electron chi connectivity index (χ3n) is 3.90. The molecule has 0 aromatic carbocycles. The van der Waals surface area contributed by atoms with Crippen LogP contribution in [0.25, 0.3) is 0 Å². The SMILES string of the molecule is CC(C)CN(c1ccc([C@H](C)N)nc1)C1CCCC1. The van der Waals surface area contributed by atoms with Gasteiger partial charge in [0.15, 0.2) is 0 Å². The van der Waals surface area contributed by atoms with Gasteiger partial charge in [0, 0.05) is 18.6 Å². The van der Waals surface area contributed by atoms with Crippen molar-refractivity contribution in [2.24, 2.45) is 11.7 Å². The highest BCUT2D eigenvalue weighted by Gasteiger charge is 2.23. The van der Waals surface area contributed by atoms with Gasteiger partial charge in [-0.1, -0.05) is 26.7 Å². The largest absolute Gasteiger partial charge is 0.367 e. The van der Waals surface area contributed by atoms with E-state index in [0.29, 0.717) is 12.0 Å². The molecule has 0 radical (unpaired) electrons. The van der Waals surface area contributed by atoms with Crippen LogP contribution in [0.3, 0.4) is 0 Å². The molecule has 1 atom stereocenters. The van der Waals surface area contributed by atoms with E-state index in [1.165, 1.54) is 31.4 Å². The van der Waals surface area contributed by atoms with Crippen molar-refractivity contribution < 1.29 is 0 Å². The predicted octanol–water partition coefficient (Wildman–Crippen LogP) is 3.51. The summed E-state index contributed by atoms with van der Waals surface area (Å²) in [5.41, 5.74) is 8.09. The maximum atomic E-state index is 5.87. The minimum Gasteiger partial charge on any atom is -0.367 e. The van der Waals surface area contributed by atoms with E-state index in [9.17, 15) is 0 Å². The van der Waals surface area contributed by atoms with Crippen LogP contribution in [0, 0.1) is 5.92 Å². The van der Waals surface area contributed by atoms with Crippen LogP contribution >= 0.6 is 0 Å². The number of hydrogen-bond acceptors (Lipinski definition) is 3. The van der Waals surface area contributed by atoms with Gasteiger partial charge in [0.1, 0.15) is 0 Å². The Labute approximate surface area is 117 Å². The van der Waals surface area contributed by atoms with Crippen molar-refractivity contribution in [3.63, 3.8) is 0 Å². The number of rotatable bonds is 5. The molecule has 2 N–H and O–H groups in total. The molecule has 106 valence electrons. The van der Waals surface area contributed by atoms with Gasteiger partial charge in [-0.3, -0.25) is 4.98 Å². The summed E-state index contributed by atoms with van der Waals surface area (Å²) in [6, 6.07) is 4.97. The lowest BCUT2D eigenvalue weighted by molar-refractivity contribution is 0.535. The first kappa shape index (κ1) is 14.3. The van der Waals surface area contributed by atoms with E-state index in [1.807, 2.05) is 13.1 Å². The molecule has 0 amide bonds. The average Bonchev–Trinajstić information content (AvgIpc) is 2.89. The highest BCUT2D eigenvalue weighted by Crippen LogP contribution is 2.29. The van der Waals surface area contributed by atoms with E-state index in [0.717, 1.165) is 12.2 Å². The molecular formula is C16H27N3. The zero-order chi connectivity index (χ0) is 13.8. The molecule has 0 unspecified atom stereocenters. The van der Waals surface area contributed by atoms with Crippen LogP contribution in [-0.4, -0.2) is 17.6 Å². The summed E-state index contributed by atoms with van der Waals surface area (Å²) in [6.45, 7) is 7.66. The molecule has 19 heavy (non-hydrogen) atoms. The molecule has 1 fully saturated rings. The summed E-state index contributed by atoms with van der Waals surface area (Å²) in [5.74, 6) is 0.675. The molecule has 3 heteroatoms. The Morgan fingerprint density at radius 3 is 2.42 bits per heavy atom. The molecule has 1 heterocycles. The molecule has 1 aromatic heterocycles. The van der Waals surface area contributed by atoms with Gasteiger partial charge < -0.3 is 10.6 Å². The Balaban J connectivity index is 2.16. The third kappa shape index (κ3) is 3.69. The van der Waals surface area contributed by atoms with Gasteiger partial charge in [0.25, 0.3) is 0 Å². The number of aromatic nitrogens is 1. The van der Waals surface area contributed by atoms with Crippen LogP contribution in [0.1, 0.15) is 58.2 Å². The van der Waals surface area contributed by atoms with Gasteiger partial charge in [-0.25, -0.2) is 0 Å². The monoisotopic (exact) mass is 261 g/mol. The standard InChI is InChI=1S/C16H27N3/c1-12(2)11-19(14-6-4-5-7-14)15-8-9-16(13(3)17)18-10-15/h8-10,12-14H,4-7,11,17H2,1-3H3/t13-/m0/s1. The van der Waals surface area contributed by atoms with Crippen LogP contribution in [-0.2, 0) is 0 Å².